The Morgan fingerprint density at radius 3 is 2.53 bits per heavy atom. The number of amides is 1. The van der Waals surface area contributed by atoms with Gasteiger partial charge < -0.3 is 10.6 Å². The molecule has 6 heteroatoms. The van der Waals surface area contributed by atoms with Gasteiger partial charge in [-0.15, -0.1) is 0 Å². The van der Waals surface area contributed by atoms with E-state index in [0.29, 0.717) is 12.5 Å². The highest BCUT2D eigenvalue weighted by Gasteiger charge is 2.30. The van der Waals surface area contributed by atoms with E-state index in [2.05, 4.69) is 10.6 Å². The molecular weight excluding hydrogens is 264 g/mol. The Labute approximate surface area is 115 Å². The molecule has 1 heterocycles. The second-order valence-corrected chi connectivity index (χ2v) is 8.01. The van der Waals surface area contributed by atoms with Crippen molar-refractivity contribution in [2.75, 3.05) is 25.4 Å². The summed E-state index contributed by atoms with van der Waals surface area (Å²) in [4.78, 5) is 11.7. The molecule has 19 heavy (non-hydrogen) atoms. The van der Waals surface area contributed by atoms with E-state index in [1.165, 1.54) is 0 Å². The van der Waals surface area contributed by atoms with Crippen molar-refractivity contribution in [1.29, 1.82) is 0 Å². The molecule has 0 spiro atoms. The Kier molecular flexibility index (Phi) is 5.21. The Bertz CT molecular complexity index is 396. The largest absolute Gasteiger partial charge is 0.355 e. The minimum absolute atomic E-state index is 0.283. The van der Waals surface area contributed by atoms with E-state index in [1.54, 1.807) is 0 Å². The van der Waals surface area contributed by atoms with Gasteiger partial charge in [0.25, 0.3) is 0 Å². The van der Waals surface area contributed by atoms with E-state index in [4.69, 9.17) is 0 Å². The van der Waals surface area contributed by atoms with E-state index in [9.17, 15) is 13.2 Å². The van der Waals surface area contributed by atoms with Crippen LogP contribution >= 0.6 is 0 Å². The molecule has 2 rings (SSSR count). The van der Waals surface area contributed by atoms with Crippen LogP contribution in [0.2, 0.25) is 0 Å². The van der Waals surface area contributed by atoms with Gasteiger partial charge in [-0.2, -0.15) is 0 Å². The predicted molar refractivity (Wildman–Crippen MR) is 74.6 cm³/mol. The number of carbonyl (C=O) groups is 1. The first-order chi connectivity index (χ1) is 9.08. The maximum absolute atomic E-state index is 12.0. The molecule has 0 aromatic heterocycles. The average Bonchev–Trinajstić information content (AvgIpc) is 2.92. The lowest BCUT2D eigenvalue weighted by atomic mass is 10.00. The van der Waals surface area contributed by atoms with Crippen LogP contribution in [0.5, 0.6) is 0 Å². The highest BCUT2D eigenvalue weighted by Crippen LogP contribution is 2.25. The lowest BCUT2D eigenvalue weighted by molar-refractivity contribution is -0.118. The molecule has 0 aromatic carbocycles. The van der Waals surface area contributed by atoms with E-state index in [1.807, 2.05) is 0 Å². The van der Waals surface area contributed by atoms with Crippen molar-refractivity contribution in [3.8, 4) is 0 Å². The van der Waals surface area contributed by atoms with Crippen LogP contribution in [0.4, 0.5) is 0 Å². The monoisotopic (exact) mass is 288 g/mol. The topological polar surface area (TPSA) is 75.3 Å². The average molecular weight is 288 g/mol. The van der Waals surface area contributed by atoms with Gasteiger partial charge in [0.05, 0.1) is 5.25 Å². The van der Waals surface area contributed by atoms with E-state index in [0.717, 1.165) is 51.6 Å². The molecule has 5 nitrogen and oxygen atoms in total. The number of rotatable bonds is 5. The minimum atomic E-state index is -3.24. The number of carbonyl (C=O) groups excluding carboxylic acids is 1. The van der Waals surface area contributed by atoms with E-state index in [-0.39, 0.29) is 16.9 Å². The van der Waals surface area contributed by atoms with Crippen LogP contribution < -0.4 is 10.6 Å². The maximum atomic E-state index is 12.0. The molecule has 1 saturated heterocycles. The molecule has 1 saturated carbocycles. The molecule has 1 aliphatic heterocycles. The summed E-state index contributed by atoms with van der Waals surface area (Å²) in [5.41, 5.74) is 0. The smallest absolute Gasteiger partial charge is 0.235 e. The summed E-state index contributed by atoms with van der Waals surface area (Å²) in [5, 5.41) is 5.77. The van der Waals surface area contributed by atoms with Gasteiger partial charge in [0.2, 0.25) is 5.91 Å². The molecule has 2 aliphatic rings. The van der Waals surface area contributed by atoms with Gasteiger partial charge in [-0.3, -0.25) is 4.79 Å². The van der Waals surface area contributed by atoms with Gasteiger partial charge in [-0.25, -0.2) is 8.42 Å². The quantitative estimate of drug-likeness (QED) is 0.770. The van der Waals surface area contributed by atoms with Gasteiger partial charge >= 0.3 is 0 Å². The standard InChI is InChI=1S/C13H24N2O3S/c16-13(15-9-11-4-3-7-14-8-11)10-19(17,18)12-5-1-2-6-12/h11-12,14H,1-10H2,(H,15,16). The van der Waals surface area contributed by atoms with Crippen molar-refractivity contribution in [1.82, 2.24) is 10.6 Å². The second kappa shape index (κ2) is 6.70. The SMILES string of the molecule is O=C(CS(=O)(=O)C1CCCC1)NCC1CCCNC1. The maximum Gasteiger partial charge on any atom is 0.235 e. The number of hydrogen-bond acceptors (Lipinski definition) is 4. The Morgan fingerprint density at radius 2 is 1.89 bits per heavy atom. The van der Waals surface area contributed by atoms with Gasteiger partial charge in [0.15, 0.2) is 9.84 Å². The van der Waals surface area contributed by atoms with Crippen LogP contribution in [0.25, 0.3) is 0 Å². The zero-order chi connectivity index (χ0) is 13.7. The van der Waals surface area contributed by atoms with Crippen LogP contribution in [0.15, 0.2) is 0 Å². The zero-order valence-corrected chi connectivity index (χ0v) is 12.2. The summed E-state index contributed by atoms with van der Waals surface area (Å²) < 4.78 is 24.0. The minimum Gasteiger partial charge on any atom is -0.355 e. The summed E-state index contributed by atoms with van der Waals surface area (Å²) in [6, 6.07) is 0. The highest BCUT2D eigenvalue weighted by atomic mass is 32.2. The fourth-order valence-corrected chi connectivity index (χ4v) is 4.71. The molecule has 2 fully saturated rings. The first-order valence-corrected chi connectivity index (χ1v) is 8.98. The fraction of sp³-hybridized carbons (Fsp3) is 0.923. The predicted octanol–water partition coefficient (Wildman–Crippen LogP) is 0.460. The van der Waals surface area contributed by atoms with E-state index >= 15 is 0 Å². The van der Waals surface area contributed by atoms with Crippen molar-refractivity contribution < 1.29 is 13.2 Å². The van der Waals surface area contributed by atoms with Gasteiger partial charge in [-0.1, -0.05) is 12.8 Å². The molecule has 0 radical (unpaired) electrons. The molecule has 1 atom stereocenters. The van der Waals surface area contributed by atoms with Crippen molar-refractivity contribution in [3.63, 3.8) is 0 Å². The second-order valence-electron chi connectivity index (χ2n) is 5.73. The fourth-order valence-electron chi connectivity index (χ4n) is 2.96. The Morgan fingerprint density at radius 1 is 1.16 bits per heavy atom. The third-order valence-electron chi connectivity index (χ3n) is 4.13. The molecule has 1 amide bonds. The van der Waals surface area contributed by atoms with Crippen LogP contribution in [0.3, 0.4) is 0 Å². The summed E-state index contributed by atoms with van der Waals surface area (Å²) >= 11 is 0. The van der Waals surface area contributed by atoms with Gasteiger partial charge in [-0.05, 0) is 44.7 Å². The summed E-state index contributed by atoms with van der Waals surface area (Å²) in [5.74, 6) is -0.234. The van der Waals surface area contributed by atoms with Crippen LogP contribution in [0, 0.1) is 5.92 Å². The molecule has 0 bridgehead atoms. The van der Waals surface area contributed by atoms with Gasteiger partial charge in [0.1, 0.15) is 5.75 Å². The van der Waals surface area contributed by atoms with Crippen LogP contribution in [-0.2, 0) is 14.6 Å². The highest BCUT2D eigenvalue weighted by molar-refractivity contribution is 7.92. The first-order valence-electron chi connectivity index (χ1n) is 7.27. The van der Waals surface area contributed by atoms with Crippen molar-refractivity contribution in [2.45, 2.75) is 43.8 Å². The normalized spacial score (nSPS) is 25.4. The van der Waals surface area contributed by atoms with Crippen molar-refractivity contribution >= 4 is 15.7 Å². The number of piperidine rings is 1. The number of sulfone groups is 1. The lowest BCUT2D eigenvalue weighted by Crippen LogP contribution is -2.40. The van der Waals surface area contributed by atoms with Crippen molar-refractivity contribution in [2.24, 2.45) is 5.92 Å². The summed E-state index contributed by atoms with van der Waals surface area (Å²) in [6.45, 7) is 2.54. The number of nitrogens with one attached hydrogen (secondary N) is 2. The molecule has 2 N–H and O–H groups in total. The molecule has 110 valence electrons. The van der Waals surface area contributed by atoms with Crippen LogP contribution in [0.1, 0.15) is 38.5 Å². The zero-order valence-electron chi connectivity index (χ0n) is 11.4. The molecule has 1 aliphatic carbocycles. The third kappa shape index (κ3) is 4.45. The molecular formula is C13H24N2O3S. The lowest BCUT2D eigenvalue weighted by Gasteiger charge is -2.23. The van der Waals surface area contributed by atoms with Crippen molar-refractivity contribution in [3.05, 3.63) is 0 Å². The third-order valence-corrected chi connectivity index (χ3v) is 6.28. The molecule has 0 aromatic rings. The summed E-state index contributed by atoms with van der Waals surface area (Å²) in [7, 11) is -3.24. The Hall–Kier alpha value is -0.620. The summed E-state index contributed by atoms with van der Waals surface area (Å²) in [6.07, 6.45) is 5.62. The van der Waals surface area contributed by atoms with Gasteiger partial charge in [0, 0.05) is 6.54 Å². The molecule has 1 unspecified atom stereocenters. The van der Waals surface area contributed by atoms with Crippen LogP contribution in [-0.4, -0.2) is 45.0 Å². The number of hydrogen-bond donors (Lipinski definition) is 2. The van der Waals surface area contributed by atoms with E-state index < -0.39 is 9.84 Å². The first kappa shape index (κ1) is 14.8. The Balaban J connectivity index is 1.73.